The Balaban J connectivity index is 1.87. The molecule has 1 heterocycles. The maximum absolute atomic E-state index is 12.5. The molecule has 0 spiro atoms. The van der Waals surface area contributed by atoms with Crippen LogP contribution >= 0.6 is 0 Å². The van der Waals surface area contributed by atoms with Crippen molar-refractivity contribution in [2.45, 2.75) is 11.8 Å². The van der Waals surface area contributed by atoms with Crippen LogP contribution in [-0.4, -0.2) is 34.4 Å². The second-order valence-electron chi connectivity index (χ2n) is 5.64. The number of carbonyl (C=O) groups excluding carboxylic acids is 1. The first kappa shape index (κ1) is 16.3. The van der Waals surface area contributed by atoms with Crippen molar-refractivity contribution >= 4 is 27.2 Å². The average molecular weight is 346 g/mol. The SMILES string of the molecule is CC(=O)c1ccc(S(=O)(=O)Nc2ccc3c(c2)N(C)CCO3)cc1. The van der Waals surface area contributed by atoms with E-state index in [4.69, 9.17) is 4.74 Å². The summed E-state index contributed by atoms with van der Waals surface area (Å²) in [5.41, 5.74) is 1.77. The third kappa shape index (κ3) is 3.21. The van der Waals surface area contributed by atoms with E-state index in [1.165, 1.54) is 31.2 Å². The highest BCUT2D eigenvalue weighted by Gasteiger charge is 2.18. The lowest BCUT2D eigenvalue weighted by atomic mass is 10.2. The first-order chi connectivity index (χ1) is 11.4. The van der Waals surface area contributed by atoms with Gasteiger partial charge in [0.25, 0.3) is 10.0 Å². The number of Topliss-reactive ketones (excluding diaryl/α,β-unsaturated/α-hetero) is 1. The maximum Gasteiger partial charge on any atom is 0.261 e. The number of nitrogens with zero attached hydrogens (tertiary/aromatic N) is 1. The van der Waals surface area contributed by atoms with Crippen molar-refractivity contribution in [1.82, 2.24) is 0 Å². The molecular formula is C17H18N2O4S. The second kappa shape index (κ2) is 6.16. The first-order valence-corrected chi connectivity index (χ1v) is 8.97. The van der Waals surface area contributed by atoms with Crippen LogP contribution in [0, 0.1) is 0 Å². The fourth-order valence-electron chi connectivity index (χ4n) is 2.50. The van der Waals surface area contributed by atoms with Crippen molar-refractivity contribution in [3.8, 4) is 5.75 Å². The van der Waals surface area contributed by atoms with Crippen molar-refractivity contribution in [3.63, 3.8) is 0 Å². The lowest BCUT2D eigenvalue weighted by Crippen LogP contribution is -2.28. The minimum atomic E-state index is -3.72. The number of carbonyl (C=O) groups is 1. The van der Waals surface area contributed by atoms with Crippen LogP contribution < -0.4 is 14.4 Å². The Labute approximate surface area is 141 Å². The van der Waals surface area contributed by atoms with Gasteiger partial charge in [0.15, 0.2) is 5.78 Å². The van der Waals surface area contributed by atoms with Crippen molar-refractivity contribution in [1.29, 1.82) is 0 Å². The van der Waals surface area contributed by atoms with Crippen LogP contribution in [0.2, 0.25) is 0 Å². The Morgan fingerprint density at radius 1 is 1.17 bits per heavy atom. The van der Waals surface area contributed by atoms with E-state index in [0.29, 0.717) is 17.9 Å². The molecule has 0 unspecified atom stereocenters. The smallest absolute Gasteiger partial charge is 0.261 e. The average Bonchev–Trinajstić information content (AvgIpc) is 2.55. The van der Waals surface area contributed by atoms with Gasteiger partial charge in [0.05, 0.1) is 22.8 Å². The zero-order chi connectivity index (χ0) is 17.3. The minimum Gasteiger partial charge on any atom is -0.490 e. The third-order valence-corrected chi connectivity index (χ3v) is 5.28. The molecule has 6 nitrogen and oxygen atoms in total. The number of hydrogen-bond donors (Lipinski definition) is 1. The summed E-state index contributed by atoms with van der Waals surface area (Å²) in [5, 5.41) is 0. The normalized spacial score (nSPS) is 13.8. The van der Waals surface area contributed by atoms with Crippen molar-refractivity contribution in [2.24, 2.45) is 0 Å². The van der Waals surface area contributed by atoms with E-state index < -0.39 is 10.0 Å². The number of rotatable bonds is 4. The molecule has 2 aromatic rings. The molecule has 2 aromatic carbocycles. The van der Waals surface area contributed by atoms with E-state index in [9.17, 15) is 13.2 Å². The fraction of sp³-hybridized carbons (Fsp3) is 0.235. The van der Waals surface area contributed by atoms with Crippen LogP contribution in [0.25, 0.3) is 0 Å². The summed E-state index contributed by atoms with van der Waals surface area (Å²) >= 11 is 0. The molecule has 0 saturated carbocycles. The molecule has 0 amide bonds. The second-order valence-corrected chi connectivity index (χ2v) is 7.32. The highest BCUT2D eigenvalue weighted by molar-refractivity contribution is 7.92. The number of ether oxygens (including phenoxy) is 1. The van der Waals surface area contributed by atoms with Crippen molar-refractivity contribution in [3.05, 3.63) is 48.0 Å². The molecule has 0 radical (unpaired) electrons. The molecule has 0 atom stereocenters. The summed E-state index contributed by atoms with van der Waals surface area (Å²) in [7, 11) is -1.79. The van der Waals surface area contributed by atoms with Gasteiger partial charge >= 0.3 is 0 Å². The molecule has 0 saturated heterocycles. The quantitative estimate of drug-likeness (QED) is 0.861. The van der Waals surface area contributed by atoms with Gasteiger partial charge in [0.1, 0.15) is 12.4 Å². The third-order valence-electron chi connectivity index (χ3n) is 3.88. The molecule has 1 aliphatic rings. The van der Waals surface area contributed by atoms with Crippen LogP contribution in [0.4, 0.5) is 11.4 Å². The maximum atomic E-state index is 12.5. The molecule has 1 N–H and O–H groups in total. The number of hydrogen-bond acceptors (Lipinski definition) is 5. The molecule has 3 rings (SSSR count). The molecule has 0 aliphatic carbocycles. The van der Waals surface area contributed by atoms with Crippen LogP contribution in [-0.2, 0) is 10.0 Å². The number of ketones is 1. The summed E-state index contributed by atoms with van der Waals surface area (Å²) in [6, 6.07) is 11.0. The summed E-state index contributed by atoms with van der Waals surface area (Å²) < 4.78 is 33.1. The summed E-state index contributed by atoms with van der Waals surface area (Å²) in [4.78, 5) is 13.4. The van der Waals surface area contributed by atoms with Gasteiger partial charge in [-0.1, -0.05) is 12.1 Å². The van der Waals surface area contributed by atoms with Crippen LogP contribution in [0.1, 0.15) is 17.3 Å². The molecule has 0 aromatic heterocycles. The predicted octanol–water partition coefficient (Wildman–Crippen LogP) is 2.52. The standard InChI is InChI=1S/C17H18N2O4S/c1-12(20)13-3-6-15(7-4-13)24(21,22)18-14-5-8-17-16(11-14)19(2)9-10-23-17/h3-8,11,18H,9-10H2,1-2H3. The van der Waals surface area contributed by atoms with Crippen LogP contribution in [0.15, 0.2) is 47.4 Å². The zero-order valence-corrected chi connectivity index (χ0v) is 14.3. The molecular weight excluding hydrogens is 328 g/mol. The highest BCUT2D eigenvalue weighted by Crippen LogP contribution is 2.33. The van der Waals surface area contributed by atoms with Gasteiger partial charge in [0.2, 0.25) is 0 Å². The van der Waals surface area contributed by atoms with E-state index >= 15 is 0 Å². The summed E-state index contributed by atoms with van der Waals surface area (Å²) in [5.74, 6) is 0.627. The first-order valence-electron chi connectivity index (χ1n) is 7.48. The lowest BCUT2D eigenvalue weighted by molar-refractivity contribution is 0.101. The van der Waals surface area contributed by atoms with Gasteiger partial charge in [-0.25, -0.2) is 8.42 Å². The Morgan fingerprint density at radius 2 is 1.88 bits per heavy atom. The van der Waals surface area contributed by atoms with Gasteiger partial charge < -0.3 is 9.64 Å². The van der Waals surface area contributed by atoms with Gasteiger partial charge in [-0.2, -0.15) is 0 Å². The zero-order valence-electron chi connectivity index (χ0n) is 13.4. The lowest BCUT2D eigenvalue weighted by Gasteiger charge is -2.28. The Kier molecular flexibility index (Phi) is 4.19. The Bertz CT molecular complexity index is 876. The van der Waals surface area contributed by atoms with E-state index in [2.05, 4.69) is 4.72 Å². The number of benzene rings is 2. The minimum absolute atomic E-state index is 0.106. The molecule has 7 heteroatoms. The monoisotopic (exact) mass is 346 g/mol. The summed E-state index contributed by atoms with van der Waals surface area (Å²) in [6.07, 6.45) is 0. The molecule has 1 aliphatic heterocycles. The number of sulfonamides is 1. The van der Waals surface area contributed by atoms with E-state index in [0.717, 1.165) is 18.0 Å². The molecule has 24 heavy (non-hydrogen) atoms. The molecule has 0 fully saturated rings. The van der Waals surface area contributed by atoms with Crippen molar-refractivity contribution in [2.75, 3.05) is 29.8 Å². The highest BCUT2D eigenvalue weighted by atomic mass is 32.2. The van der Waals surface area contributed by atoms with E-state index in [-0.39, 0.29) is 10.7 Å². The van der Waals surface area contributed by atoms with Gasteiger partial charge in [-0.15, -0.1) is 0 Å². The molecule has 0 bridgehead atoms. The number of nitrogens with one attached hydrogen (secondary N) is 1. The number of likely N-dealkylation sites (N-methyl/N-ethyl adjacent to an activating group) is 1. The van der Waals surface area contributed by atoms with Crippen LogP contribution in [0.3, 0.4) is 0 Å². The topological polar surface area (TPSA) is 75.7 Å². The van der Waals surface area contributed by atoms with Gasteiger partial charge in [-0.3, -0.25) is 9.52 Å². The number of anilines is 2. The molecule has 126 valence electrons. The van der Waals surface area contributed by atoms with Crippen LogP contribution in [0.5, 0.6) is 5.75 Å². The van der Waals surface area contributed by atoms with Crippen molar-refractivity contribution < 1.29 is 17.9 Å². The van der Waals surface area contributed by atoms with Gasteiger partial charge in [0, 0.05) is 12.6 Å². The van der Waals surface area contributed by atoms with Gasteiger partial charge in [-0.05, 0) is 37.3 Å². The summed E-state index contributed by atoms with van der Waals surface area (Å²) in [6.45, 7) is 2.79. The predicted molar refractivity (Wildman–Crippen MR) is 92.5 cm³/mol. The van der Waals surface area contributed by atoms with E-state index in [1.54, 1.807) is 18.2 Å². The van der Waals surface area contributed by atoms with E-state index in [1.807, 2.05) is 11.9 Å². The Hall–Kier alpha value is -2.54. The fourth-order valence-corrected chi connectivity index (χ4v) is 3.55. The number of fused-ring (bicyclic) bond motifs is 1. The Morgan fingerprint density at radius 3 is 2.54 bits per heavy atom. The largest absolute Gasteiger partial charge is 0.490 e.